The van der Waals surface area contributed by atoms with Crippen molar-refractivity contribution < 1.29 is 0 Å². The Balaban J connectivity index is -0.000000563. The lowest BCUT2D eigenvalue weighted by molar-refractivity contribution is 0.108. The summed E-state index contributed by atoms with van der Waals surface area (Å²) in [6.45, 7) is 11.4. The summed E-state index contributed by atoms with van der Waals surface area (Å²) in [7, 11) is 0. The van der Waals surface area contributed by atoms with Crippen molar-refractivity contribution in [1.29, 1.82) is 0 Å². The predicted molar refractivity (Wildman–Crippen MR) is 78.6 cm³/mol. The molecule has 0 aromatic rings. The Kier molecular flexibility index (Phi) is 16.8. The molecule has 0 aromatic heterocycles. The average Bonchev–Trinajstić information content (AvgIpc) is 2.15. The highest BCUT2D eigenvalue weighted by atomic mass is 35.5. The number of nitrogens with zero attached hydrogens (tertiary/aromatic N) is 2. The molecular formula is C10H26Cl3N3. The zero-order chi connectivity index (χ0) is 9.68. The van der Waals surface area contributed by atoms with Crippen molar-refractivity contribution in [3.8, 4) is 0 Å². The van der Waals surface area contributed by atoms with E-state index in [0.717, 1.165) is 13.0 Å². The zero-order valence-electron chi connectivity index (χ0n) is 10.2. The van der Waals surface area contributed by atoms with Gasteiger partial charge in [-0.05, 0) is 33.4 Å². The van der Waals surface area contributed by atoms with Gasteiger partial charge in [0.05, 0.1) is 0 Å². The topological polar surface area (TPSA) is 32.5 Å². The normalized spacial score (nSPS) is 17.2. The molecule has 0 spiro atoms. The van der Waals surface area contributed by atoms with Gasteiger partial charge in [-0.1, -0.05) is 0 Å². The maximum absolute atomic E-state index is 5.48. The minimum Gasteiger partial charge on any atom is -0.330 e. The molecule has 102 valence electrons. The van der Waals surface area contributed by atoms with Crippen LogP contribution in [0.2, 0.25) is 0 Å². The Morgan fingerprint density at radius 1 is 1.00 bits per heavy atom. The monoisotopic (exact) mass is 293 g/mol. The quantitative estimate of drug-likeness (QED) is 0.855. The van der Waals surface area contributed by atoms with Crippen molar-refractivity contribution in [2.75, 3.05) is 39.3 Å². The smallest absolute Gasteiger partial charge is 0.0113 e. The highest BCUT2D eigenvalue weighted by Crippen LogP contribution is 2.05. The molecule has 0 bridgehead atoms. The third kappa shape index (κ3) is 7.93. The van der Waals surface area contributed by atoms with Crippen molar-refractivity contribution >= 4 is 37.2 Å². The van der Waals surface area contributed by atoms with E-state index in [-0.39, 0.29) is 37.2 Å². The molecule has 0 saturated carbocycles. The van der Waals surface area contributed by atoms with E-state index in [1.165, 1.54) is 32.7 Å². The number of halogens is 3. The van der Waals surface area contributed by atoms with Crippen LogP contribution in [0, 0.1) is 0 Å². The van der Waals surface area contributed by atoms with E-state index < -0.39 is 0 Å². The van der Waals surface area contributed by atoms with Crippen molar-refractivity contribution in [1.82, 2.24) is 9.80 Å². The van der Waals surface area contributed by atoms with Crippen LogP contribution < -0.4 is 5.73 Å². The van der Waals surface area contributed by atoms with Crippen LogP contribution in [-0.2, 0) is 0 Å². The first-order valence-corrected chi connectivity index (χ1v) is 5.40. The second-order valence-corrected chi connectivity index (χ2v) is 4.11. The van der Waals surface area contributed by atoms with Crippen LogP contribution in [-0.4, -0.2) is 55.1 Å². The van der Waals surface area contributed by atoms with Gasteiger partial charge >= 0.3 is 0 Å². The first-order chi connectivity index (χ1) is 6.24. The van der Waals surface area contributed by atoms with E-state index in [2.05, 4.69) is 23.6 Å². The number of hydrogen-bond donors (Lipinski definition) is 1. The Labute approximate surface area is 118 Å². The van der Waals surface area contributed by atoms with Gasteiger partial charge < -0.3 is 10.6 Å². The second-order valence-electron chi connectivity index (χ2n) is 4.11. The predicted octanol–water partition coefficient (Wildman–Crippen LogP) is 1.63. The van der Waals surface area contributed by atoms with Crippen molar-refractivity contribution in [2.24, 2.45) is 5.73 Å². The summed E-state index contributed by atoms with van der Waals surface area (Å²) >= 11 is 0. The van der Waals surface area contributed by atoms with Gasteiger partial charge in [0.1, 0.15) is 0 Å². The maximum atomic E-state index is 5.48. The van der Waals surface area contributed by atoms with Crippen LogP contribution >= 0.6 is 37.2 Å². The van der Waals surface area contributed by atoms with Crippen LogP contribution in [0.25, 0.3) is 0 Å². The fourth-order valence-electron chi connectivity index (χ4n) is 1.82. The van der Waals surface area contributed by atoms with E-state index >= 15 is 0 Å². The van der Waals surface area contributed by atoms with Gasteiger partial charge in [-0.15, -0.1) is 37.2 Å². The SMILES string of the molecule is CC(C)N1CCN(CCCN)CC1.Cl.Cl.Cl. The standard InChI is InChI=1S/C10H23N3.3ClH/c1-10(2)13-8-6-12(7-9-13)5-3-4-11;;;/h10H,3-9,11H2,1-2H3;3*1H. The number of hydrogen-bond acceptors (Lipinski definition) is 3. The molecule has 0 unspecified atom stereocenters. The minimum absolute atomic E-state index is 0. The van der Waals surface area contributed by atoms with Crippen molar-refractivity contribution in [3.63, 3.8) is 0 Å². The van der Waals surface area contributed by atoms with E-state index in [1.54, 1.807) is 0 Å². The van der Waals surface area contributed by atoms with Gasteiger partial charge in [0.25, 0.3) is 0 Å². The summed E-state index contributed by atoms with van der Waals surface area (Å²) in [6, 6.07) is 0.705. The molecule has 1 saturated heterocycles. The number of piperazine rings is 1. The summed E-state index contributed by atoms with van der Waals surface area (Å²) in [6.07, 6.45) is 1.14. The molecule has 1 rings (SSSR count). The Hall–Kier alpha value is 0.750. The first kappa shape index (κ1) is 22.0. The molecule has 0 radical (unpaired) electrons. The molecule has 0 amide bonds. The fourth-order valence-corrected chi connectivity index (χ4v) is 1.82. The van der Waals surface area contributed by atoms with Gasteiger partial charge in [-0.2, -0.15) is 0 Å². The lowest BCUT2D eigenvalue weighted by Gasteiger charge is -2.36. The van der Waals surface area contributed by atoms with E-state index in [9.17, 15) is 0 Å². The molecule has 1 heterocycles. The third-order valence-corrected chi connectivity index (χ3v) is 2.82. The van der Waals surface area contributed by atoms with Crippen LogP contribution in [0.1, 0.15) is 20.3 Å². The van der Waals surface area contributed by atoms with Gasteiger partial charge in [-0.25, -0.2) is 0 Å². The van der Waals surface area contributed by atoms with Gasteiger partial charge in [0.15, 0.2) is 0 Å². The Bertz CT molecular complexity index is 139. The van der Waals surface area contributed by atoms with E-state index in [4.69, 9.17) is 5.73 Å². The van der Waals surface area contributed by atoms with E-state index in [1.807, 2.05) is 0 Å². The largest absolute Gasteiger partial charge is 0.330 e. The molecular weight excluding hydrogens is 268 g/mol. The summed E-state index contributed by atoms with van der Waals surface area (Å²) in [4.78, 5) is 5.06. The molecule has 6 heteroatoms. The molecule has 2 N–H and O–H groups in total. The van der Waals surface area contributed by atoms with Gasteiger partial charge in [0, 0.05) is 32.2 Å². The van der Waals surface area contributed by atoms with Gasteiger partial charge in [-0.3, -0.25) is 4.90 Å². The molecule has 1 aliphatic heterocycles. The maximum Gasteiger partial charge on any atom is 0.0113 e. The molecule has 1 aliphatic rings. The van der Waals surface area contributed by atoms with E-state index in [0.29, 0.717) is 6.04 Å². The van der Waals surface area contributed by atoms with Gasteiger partial charge in [0.2, 0.25) is 0 Å². The van der Waals surface area contributed by atoms with Crippen molar-refractivity contribution in [3.05, 3.63) is 0 Å². The number of nitrogens with two attached hydrogens (primary N) is 1. The van der Waals surface area contributed by atoms with Crippen LogP contribution in [0.5, 0.6) is 0 Å². The Morgan fingerprint density at radius 3 is 1.88 bits per heavy atom. The second kappa shape index (κ2) is 12.2. The summed E-state index contributed by atoms with van der Waals surface area (Å²) < 4.78 is 0. The Morgan fingerprint density at radius 2 is 1.50 bits per heavy atom. The molecule has 0 aliphatic carbocycles. The summed E-state index contributed by atoms with van der Waals surface area (Å²) in [5.74, 6) is 0. The zero-order valence-corrected chi connectivity index (χ0v) is 12.7. The fraction of sp³-hybridized carbons (Fsp3) is 1.00. The number of rotatable bonds is 4. The molecule has 3 nitrogen and oxygen atoms in total. The summed E-state index contributed by atoms with van der Waals surface area (Å²) in [5, 5.41) is 0. The molecule has 1 fully saturated rings. The van der Waals surface area contributed by atoms with Crippen LogP contribution in [0.4, 0.5) is 0 Å². The van der Waals surface area contributed by atoms with Crippen LogP contribution in [0.3, 0.4) is 0 Å². The summed E-state index contributed by atoms with van der Waals surface area (Å²) in [5.41, 5.74) is 5.48. The lowest BCUT2D eigenvalue weighted by Crippen LogP contribution is -2.49. The molecule has 0 aromatic carbocycles. The molecule has 16 heavy (non-hydrogen) atoms. The molecule has 0 atom stereocenters. The minimum atomic E-state index is 0. The van der Waals surface area contributed by atoms with Crippen LogP contribution in [0.15, 0.2) is 0 Å². The first-order valence-electron chi connectivity index (χ1n) is 5.40. The third-order valence-electron chi connectivity index (χ3n) is 2.82. The average molecular weight is 295 g/mol. The van der Waals surface area contributed by atoms with Crippen molar-refractivity contribution in [2.45, 2.75) is 26.3 Å². The highest BCUT2D eigenvalue weighted by molar-refractivity contribution is 5.86. The highest BCUT2D eigenvalue weighted by Gasteiger charge is 2.17. The lowest BCUT2D eigenvalue weighted by atomic mass is 10.2.